The topological polar surface area (TPSA) is 37.0 Å². The summed E-state index contributed by atoms with van der Waals surface area (Å²) in [6.45, 7) is 2.14. The molecule has 5 heteroatoms. The zero-order valence-corrected chi connectivity index (χ0v) is 13.2. The third-order valence-electron chi connectivity index (χ3n) is 3.68. The van der Waals surface area contributed by atoms with E-state index in [0.717, 1.165) is 22.7 Å². The van der Waals surface area contributed by atoms with Crippen molar-refractivity contribution in [2.24, 2.45) is 0 Å². The molecule has 0 radical (unpaired) electrons. The maximum Gasteiger partial charge on any atom is 0.170 e. The van der Waals surface area contributed by atoms with Crippen LogP contribution in [0.5, 0.6) is 0 Å². The van der Waals surface area contributed by atoms with Crippen molar-refractivity contribution in [1.29, 1.82) is 0 Å². The summed E-state index contributed by atoms with van der Waals surface area (Å²) >= 11 is 7.15. The Morgan fingerprint density at radius 1 is 1.40 bits per heavy atom. The molecule has 106 valence electrons. The number of fused-ring (bicyclic) bond motifs is 1. The van der Waals surface area contributed by atoms with Crippen molar-refractivity contribution in [3.8, 4) is 0 Å². The molecule has 2 aromatic rings. The average Bonchev–Trinajstić information content (AvgIpc) is 3.06. The highest BCUT2D eigenvalue weighted by molar-refractivity contribution is 7.80. The van der Waals surface area contributed by atoms with E-state index in [1.807, 2.05) is 6.07 Å². The molecule has 0 spiro atoms. The zero-order valence-electron chi connectivity index (χ0n) is 11.6. The molecule has 0 atom stereocenters. The van der Waals surface area contributed by atoms with Crippen molar-refractivity contribution in [2.75, 3.05) is 5.32 Å². The monoisotopic (exact) mass is 305 g/mol. The Morgan fingerprint density at radius 3 is 2.95 bits per heavy atom. The van der Waals surface area contributed by atoms with E-state index in [2.05, 4.69) is 34.7 Å². The van der Waals surface area contributed by atoms with Gasteiger partial charge in [-0.1, -0.05) is 19.8 Å². The van der Waals surface area contributed by atoms with Gasteiger partial charge in [0.2, 0.25) is 0 Å². The molecule has 20 heavy (non-hydrogen) atoms. The number of rotatable bonds is 3. The van der Waals surface area contributed by atoms with Crippen LogP contribution in [0.1, 0.15) is 37.6 Å². The molecule has 1 aromatic carbocycles. The molecular formula is C15H19N3S2. The van der Waals surface area contributed by atoms with Crippen molar-refractivity contribution in [1.82, 2.24) is 10.3 Å². The second-order valence-corrected chi connectivity index (χ2v) is 6.75. The minimum atomic E-state index is 0.550. The molecule has 0 unspecified atom stereocenters. The Kier molecular flexibility index (Phi) is 4.17. The summed E-state index contributed by atoms with van der Waals surface area (Å²) < 4.78 is 1.22. The quantitative estimate of drug-likeness (QED) is 0.838. The molecule has 1 heterocycles. The lowest BCUT2D eigenvalue weighted by molar-refractivity contribution is 0.634. The number of thiocarbonyl (C=S) groups is 1. The molecule has 2 N–H and O–H groups in total. The standard InChI is InChI=1S/C15H19N3S2/c1-2-14-18-12-8-7-11(9-13(12)20-14)17-15(19)16-10-5-3-4-6-10/h7-10H,2-6H2,1H3,(H2,16,17,19). The van der Waals surface area contributed by atoms with E-state index in [4.69, 9.17) is 12.2 Å². The maximum atomic E-state index is 5.39. The molecule has 0 aliphatic heterocycles. The number of aryl methyl sites for hydroxylation is 1. The van der Waals surface area contributed by atoms with Crippen LogP contribution < -0.4 is 10.6 Å². The highest BCUT2D eigenvalue weighted by atomic mass is 32.1. The van der Waals surface area contributed by atoms with Crippen LogP contribution in [0.15, 0.2) is 18.2 Å². The van der Waals surface area contributed by atoms with Crippen molar-refractivity contribution < 1.29 is 0 Å². The fourth-order valence-electron chi connectivity index (χ4n) is 2.62. The lowest BCUT2D eigenvalue weighted by Crippen LogP contribution is -2.35. The summed E-state index contributed by atoms with van der Waals surface area (Å²) in [6, 6.07) is 6.79. The first-order valence-corrected chi connectivity index (χ1v) is 8.44. The predicted molar refractivity (Wildman–Crippen MR) is 90.6 cm³/mol. The van der Waals surface area contributed by atoms with E-state index in [-0.39, 0.29) is 0 Å². The summed E-state index contributed by atoms with van der Waals surface area (Å²) in [5.74, 6) is 0. The molecule has 1 saturated carbocycles. The van der Waals surface area contributed by atoms with Crippen molar-refractivity contribution >= 4 is 44.6 Å². The van der Waals surface area contributed by atoms with Gasteiger partial charge in [-0.2, -0.15) is 0 Å². The first-order chi connectivity index (χ1) is 9.74. The number of thiazole rings is 1. The van der Waals surface area contributed by atoms with E-state index < -0.39 is 0 Å². The maximum absolute atomic E-state index is 5.39. The second-order valence-electron chi connectivity index (χ2n) is 5.22. The lowest BCUT2D eigenvalue weighted by atomic mass is 10.2. The largest absolute Gasteiger partial charge is 0.360 e. The van der Waals surface area contributed by atoms with Gasteiger partial charge in [0.1, 0.15) is 0 Å². The molecule has 3 rings (SSSR count). The molecule has 1 fully saturated rings. The van der Waals surface area contributed by atoms with E-state index >= 15 is 0 Å². The number of nitrogens with zero attached hydrogens (tertiary/aromatic N) is 1. The van der Waals surface area contributed by atoms with Gasteiger partial charge in [-0.25, -0.2) is 4.98 Å². The van der Waals surface area contributed by atoms with Crippen LogP contribution in [0.4, 0.5) is 5.69 Å². The second kappa shape index (κ2) is 6.06. The van der Waals surface area contributed by atoms with Gasteiger partial charge in [0.15, 0.2) is 5.11 Å². The van der Waals surface area contributed by atoms with E-state index in [9.17, 15) is 0 Å². The lowest BCUT2D eigenvalue weighted by Gasteiger charge is -2.15. The number of anilines is 1. The van der Waals surface area contributed by atoms with Crippen LogP contribution in [0.25, 0.3) is 10.2 Å². The molecule has 1 aliphatic carbocycles. The fourth-order valence-corrected chi connectivity index (χ4v) is 3.85. The molecule has 0 bridgehead atoms. The van der Waals surface area contributed by atoms with Gasteiger partial charge in [-0.15, -0.1) is 11.3 Å². The Hall–Kier alpha value is -1.20. The van der Waals surface area contributed by atoms with Crippen LogP contribution >= 0.6 is 23.6 Å². The smallest absolute Gasteiger partial charge is 0.170 e. The fraction of sp³-hybridized carbons (Fsp3) is 0.467. The minimum absolute atomic E-state index is 0.550. The summed E-state index contributed by atoms with van der Waals surface area (Å²) in [4.78, 5) is 4.58. The summed E-state index contributed by atoms with van der Waals surface area (Å²) in [5, 5.41) is 8.60. The number of hydrogen-bond donors (Lipinski definition) is 2. The average molecular weight is 305 g/mol. The van der Waals surface area contributed by atoms with Gasteiger partial charge in [-0.3, -0.25) is 0 Å². The molecule has 3 nitrogen and oxygen atoms in total. The first kappa shape index (κ1) is 13.8. The van der Waals surface area contributed by atoms with Gasteiger partial charge < -0.3 is 10.6 Å². The van der Waals surface area contributed by atoms with Crippen LogP contribution in [0.3, 0.4) is 0 Å². The van der Waals surface area contributed by atoms with Gasteiger partial charge >= 0.3 is 0 Å². The molecule has 1 aromatic heterocycles. The van der Waals surface area contributed by atoms with Crippen LogP contribution in [0.2, 0.25) is 0 Å². The van der Waals surface area contributed by atoms with Gasteiger partial charge in [0, 0.05) is 11.7 Å². The molecule has 0 amide bonds. The van der Waals surface area contributed by atoms with Crippen molar-refractivity contribution in [3.05, 3.63) is 23.2 Å². The third kappa shape index (κ3) is 3.10. The Bertz CT molecular complexity index is 615. The highest BCUT2D eigenvalue weighted by Crippen LogP contribution is 2.25. The summed E-state index contributed by atoms with van der Waals surface area (Å²) in [6.07, 6.45) is 6.08. The zero-order chi connectivity index (χ0) is 13.9. The Morgan fingerprint density at radius 2 is 2.20 bits per heavy atom. The molecule has 1 aliphatic rings. The van der Waals surface area contributed by atoms with Gasteiger partial charge in [0.25, 0.3) is 0 Å². The SMILES string of the molecule is CCc1nc2ccc(NC(=S)NC3CCCC3)cc2s1. The van der Waals surface area contributed by atoms with Crippen LogP contribution in [-0.4, -0.2) is 16.1 Å². The van der Waals surface area contributed by atoms with Gasteiger partial charge in [-0.05, 0) is 49.7 Å². The number of benzene rings is 1. The predicted octanol–water partition coefficient (Wildman–Crippen LogP) is 4.09. The van der Waals surface area contributed by atoms with Crippen molar-refractivity contribution in [3.63, 3.8) is 0 Å². The Balaban J connectivity index is 1.68. The minimum Gasteiger partial charge on any atom is -0.360 e. The number of hydrogen-bond acceptors (Lipinski definition) is 3. The van der Waals surface area contributed by atoms with E-state index in [1.165, 1.54) is 35.4 Å². The number of nitrogens with one attached hydrogen (secondary N) is 2. The summed E-state index contributed by atoms with van der Waals surface area (Å²) in [7, 11) is 0. The number of aromatic nitrogens is 1. The summed E-state index contributed by atoms with van der Waals surface area (Å²) in [5.41, 5.74) is 2.12. The normalized spacial score (nSPS) is 15.7. The van der Waals surface area contributed by atoms with Crippen molar-refractivity contribution in [2.45, 2.75) is 45.1 Å². The van der Waals surface area contributed by atoms with Crippen LogP contribution in [0, 0.1) is 0 Å². The van der Waals surface area contributed by atoms with Crippen LogP contribution in [-0.2, 0) is 6.42 Å². The van der Waals surface area contributed by atoms with E-state index in [1.54, 1.807) is 11.3 Å². The van der Waals surface area contributed by atoms with Gasteiger partial charge in [0.05, 0.1) is 15.2 Å². The Labute approximate surface area is 128 Å². The third-order valence-corrected chi connectivity index (χ3v) is 5.07. The molecular weight excluding hydrogens is 286 g/mol. The molecule has 0 saturated heterocycles. The highest BCUT2D eigenvalue weighted by Gasteiger charge is 2.15. The first-order valence-electron chi connectivity index (χ1n) is 7.21. The van der Waals surface area contributed by atoms with E-state index in [0.29, 0.717) is 6.04 Å².